The zero-order valence-electron chi connectivity index (χ0n) is 74.5. The van der Waals surface area contributed by atoms with Gasteiger partial charge in [-0.1, -0.05) is 95.2 Å². The van der Waals surface area contributed by atoms with Crippen LogP contribution in [0.25, 0.3) is 0 Å². The fourth-order valence-electron chi connectivity index (χ4n) is 10.4. The molecule has 0 spiro atoms. The summed E-state index contributed by atoms with van der Waals surface area (Å²) in [5.41, 5.74) is 1.72. The van der Waals surface area contributed by atoms with E-state index in [1.807, 2.05) is 159 Å². The molecule has 4 aromatic carbocycles. The first-order valence-electron chi connectivity index (χ1n) is 37.4. The zero-order valence-corrected chi connectivity index (χ0v) is 106. The van der Waals surface area contributed by atoms with Crippen molar-refractivity contribution >= 4 is 362 Å². The first-order chi connectivity index (χ1) is 59.8. The van der Waals surface area contributed by atoms with E-state index in [9.17, 15) is 24.0 Å². The maximum absolute atomic E-state index is 14.2. The Morgan fingerprint density at radius 1 is 0.394 bits per heavy atom. The van der Waals surface area contributed by atoms with Gasteiger partial charge in [0.15, 0.2) is 16.0 Å². The molecule has 53 heteroatoms. The summed E-state index contributed by atoms with van der Waals surface area (Å²) >= 11 is 21.2. The van der Waals surface area contributed by atoms with Crippen molar-refractivity contribution in [1.82, 2.24) is 5.32 Å². The maximum Gasteiger partial charge on any atom is 0.223 e. The molecular weight excluding hydrogens is 2510 g/mol. The fraction of sp³-hybridized carbons (Fsp3) is 0.608. The van der Waals surface area contributed by atoms with Crippen LogP contribution in [-0.4, -0.2) is 121 Å². The summed E-state index contributed by atoms with van der Waals surface area (Å²) in [5.74, 6) is 3.21. The van der Waals surface area contributed by atoms with Crippen molar-refractivity contribution in [2.45, 2.75) is 229 Å². The monoisotopic (exact) mass is 2630 g/mol. The van der Waals surface area contributed by atoms with Gasteiger partial charge in [-0.05, 0) is 153 Å². The topological polar surface area (TPSA) is 190 Å². The summed E-state index contributed by atoms with van der Waals surface area (Å²) in [6.07, 6.45) is 3.64. The van der Waals surface area contributed by atoms with E-state index in [4.69, 9.17) is 93.5 Å². The Balaban J connectivity index is -0.00000178. The number of amides is 1. The number of unbranched alkanes of at least 4 members (excludes halogenated alkanes) is 2. The van der Waals surface area contributed by atoms with Gasteiger partial charge in [-0.2, -0.15) is 0 Å². The summed E-state index contributed by atoms with van der Waals surface area (Å²) in [6, 6.07) is 21.6. The van der Waals surface area contributed by atoms with Gasteiger partial charge < -0.3 is 52.7 Å². The van der Waals surface area contributed by atoms with Crippen molar-refractivity contribution < 1.29 is 102 Å². The summed E-state index contributed by atoms with van der Waals surface area (Å²) < 4.78 is 62.6. The second-order valence-corrected chi connectivity index (χ2v) is 82.4. The molecule has 0 saturated carbocycles. The summed E-state index contributed by atoms with van der Waals surface area (Å²) in [4.78, 5) is 68.8. The van der Waals surface area contributed by atoms with Gasteiger partial charge in [-0.25, -0.2) is 0 Å². The third-order valence-electron chi connectivity index (χ3n) is 15.4. The third-order valence-corrected chi connectivity index (χ3v) is 77.4. The van der Waals surface area contributed by atoms with Crippen LogP contribution >= 0.6 is 23.5 Å². The number of ketones is 2. The molecule has 0 bridgehead atoms. The van der Waals surface area contributed by atoms with E-state index in [1.54, 1.807) is 289 Å². The van der Waals surface area contributed by atoms with Crippen molar-refractivity contribution in [1.29, 1.82) is 1.34 Å². The molecule has 0 aliphatic carbocycles. The number of hydrogen-bond donors (Lipinski definition) is 1. The number of thioether (sulfide) groups is 2. The van der Waals surface area contributed by atoms with Crippen LogP contribution < -0.4 is 43.2 Å². The predicted octanol–water partition coefficient (Wildman–Crippen LogP) is 15.6. The standard InChI is InChI=1S/C40H61NO8S.C33H48O7S.CH4.BH.S17.S16.U/c1-13-14-15-16-26(2)37(43)41-33(21-28-17-19-29(20-18-28)49-40(7,8)9)34(42)24-31(27(3)48-39(4,5)6)38(44)50-25-32-35(46-11)22-30(45-10)23-36(32)47-12;1-21(16-23-12-14-24(15-13-23)40-33(6,7)8)28(34)19-26(22(2)39-32(3,4)5)31(35)41-20-27-29(37-10)17-25(36-9)18-30(27)38-11;;;1-3-5-7-9-11-13-15-17-16-14-12-10-8-6-4-2;1-3-5-7-9-11-13-15-16-14-12-10-8-6-4-2;/h17-20,22-23,26-27,31,33H,13-16,21,24-25H2,1-12H3,(H,41,43);12-15,17-18,21-22,26H,16,19-20H2,1-11H3;1H4;1H;;;/t26-,27+,31-,33-;21-,22+,26-;;;;;/m00...../s1/i;;;1D;;;. The molecule has 0 saturated heterocycles. The van der Waals surface area contributed by atoms with Crippen LogP contribution in [0.1, 0.15) is 186 Å². The van der Waals surface area contributed by atoms with E-state index in [1.165, 1.54) is 35.5 Å². The van der Waals surface area contributed by atoms with Crippen LogP contribution in [0.15, 0.2) is 72.8 Å². The van der Waals surface area contributed by atoms with E-state index in [2.05, 4.69) is 20.6 Å². The Morgan fingerprint density at radius 3 is 0.937 bits per heavy atom. The SMILES string of the molecule is C.CCCCC[C@H](C)C(=O)N[C@@H](Cc1ccc(OC(C)(C)C)cc1)C(=O)C[C@H](C(=O)SCc1c(OC)cc(OC)cc1OC)[C@@H](C)OC(C)(C)C.COc1cc(OC)c(CSC(=O)[C@@H](CC(=O)[C@@H](C)Cc2ccc(OC(C)(C)C)cc2)[C@@H](C)OC(C)(C)C)c(OC)c1.S=S=S=S=S=S=S=S=S=S=S=S=S=S=S=S.S=S=S=S=S=S=S=S=S=S=S=S=S=S=S=S=S.[2H][B].[U]. The van der Waals surface area contributed by atoms with E-state index in [-0.39, 0.29) is 114 Å². The van der Waals surface area contributed by atoms with Crippen LogP contribution in [0.4, 0.5) is 0 Å². The maximum atomic E-state index is 14.2. The molecule has 4 aromatic rings. The molecule has 16 nitrogen and oxygen atoms in total. The van der Waals surface area contributed by atoms with Gasteiger partial charge in [0.05, 0.1) is 83.9 Å². The first-order valence-corrected chi connectivity index (χ1v) is 80.1. The number of carbonyl (C=O) groups excluding carboxylic acids is 5. The van der Waals surface area contributed by atoms with Gasteiger partial charge in [-0.15, -0.1) is 0 Å². The quantitative estimate of drug-likeness (QED) is 0.0343. The van der Waals surface area contributed by atoms with Crippen LogP contribution in [-0.2, 0) is 360 Å². The van der Waals surface area contributed by atoms with Crippen LogP contribution in [0.2, 0.25) is 0 Å². The number of benzene rings is 4. The Bertz CT molecular complexity index is 5410. The number of hydrogen-bond acceptors (Lipinski definition) is 21. The molecule has 0 unspecified atom stereocenters. The number of rotatable bonds is 34. The van der Waals surface area contributed by atoms with Gasteiger partial charge >= 0.3 is 0 Å². The van der Waals surface area contributed by atoms with Crippen molar-refractivity contribution in [2.24, 2.45) is 23.7 Å². The first kappa shape index (κ1) is 131. The summed E-state index contributed by atoms with van der Waals surface area (Å²) in [7, 11) is 62.0. The molecule has 7 atom stereocenters. The van der Waals surface area contributed by atoms with E-state index >= 15 is 0 Å². The zero-order chi connectivity index (χ0) is 95.1. The number of nitrogens with one attached hydrogen (secondary N) is 1. The molecule has 1 N–H and O–H groups in total. The van der Waals surface area contributed by atoms with E-state index < -0.39 is 41.3 Å². The fourth-order valence-corrected chi connectivity index (χ4v) is 81.1. The van der Waals surface area contributed by atoms with E-state index in [0.717, 1.165) is 77.4 Å². The molecule has 0 aliphatic rings. The molecule has 0 aliphatic heterocycles. The molecule has 722 valence electrons. The van der Waals surface area contributed by atoms with Crippen LogP contribution in [0.3, 0.4) is 0 Å². The van der Waals surface area contributed by atoms with Gasteiger partial charge in [-0.3, -0.25) is 24.0 Å². The largest absolute Gasteiger partial charge is 0.496 e. The number of ether oxygens (including phenoxy) is 10. The predicted molar refractivity (Wildman–Crippen MR) is 624 cm³/mol. The normalized spacial score (nSPS) is 12.1. The molecule has 1 amide bonds. The van der Waals surface area contributed by atoms with Crippen molar-refractivity contribution in [3.05, 3.63) is 95.1 Å². The van der Waals surface area contributed by atoms with Gasteiger partial charge in [0.1, 0.15) is 63.0 Å². The smallest absolute Gasteiger partial charge is 0.223 e. The Morgan fingerprint density at radius 2 is 0.677 bits per heavy atom. The molecule has 0 aromatic heterocycles. The van der Waals surface area contributed by atoms with E-state index in [0.29, 0.717) is 52.2 Å². The average Bonchev–Trinajstić information content (AvgIpc) is 0.820. The molecular formula is C74H114BNO15S35U. The molecule has 2 radical (unpaired) electrons. The Kier molecular flexibility index (Phi) is 81.8. The summed E-state index contributed by atoms with van der Waals surface area (Å²) in [5, 5.41) is 2.75. The molecule has 0 heterocycles. The average molecular weight is 2630 g/mol. The minimum Gasteiger partial charge on any atom is -0.496 e. The van der Waals surface area contributed by atoms with Gasteiger partial charge in [0.25, 0.3) is 0 Å². The molecule has 0 fully saturated rings. The number of carbonyl (C=O) groups is 5. The summed E-state index contributed by atoms with van der Waals surface area (Å²) in [6.45, 7) is 33.2. The van der Waals surface area contributed by atoms with Gasteiger partial charge in [0, 0.05) is 413 Å². The van der Waals surface area contributed by atoms with Crippen LogP contribution in [0.5, 0.6) is 46.0 Å². The van der Waals surface area contributed by atoms with Crippen LogP contribution in [0, 0.1) is 54.8 Å². The molecule has 4 rings (SSSR count). The minimum atomic E-state index is -0.825. The van der Waals surface area contributed by atoms with Crippen molar-refractivity contribution in [2.75, 3.05) is 42.7 Å². The second kappa shape index (κ2) is 79.0. The number of methoxy groups -OCH3 is 6. The Hall–Kier alpha value is 2.43. The molecule has 127 heavy (non-hydrogen) atoms. The van der Waals surface area contributed by atoms with Crippen molar-refractivity contribution in [3.63, 3.8) is 0 Å². The second-order valence-electron chi connectivity index (χ2n) is 29.1. The van der Waals surface area contributed by atoms with Gasteiger partial charge in [0.2, 0.25) is 5.91 Å². The minimum absolute atomic E-state index is 0. The Labute approximate surface area is 892 Å². The number of Topliss-reactive ketones (excluding diaryl/α,β-unsaturated/α-hetero) is 2. The third kappa shape index (κ3) is 65.9. The van der Waals surface area contributed by atoms with Crippen molar-refractivity contribution in [3.8, 4) is 46.0 Å².